The summed E-state index contributed by atoms with van der Waals surface area (Å²) < 4.78 is 0. The van der Waals surface area contributed by atoms with E-state index in [1.54, 1.807) is 0 Å². The van der Waals surface area contributed by atoms with Crippen molar-refractivity contribution in [2.75, 3.05) is 31.6 Å². The number of hydrogen-bond donors (Lipinski definition) is 2. The Hall–Kier alpha value is -1.39. The summed E-state index contributed by atoms with van der Waals surface area (Å²) >= 11 is 0. The highest BCUT2D eigenvalue weighted by Crippen LogP contribution is 2.19. The van der Waals surface area contributed by atoms with Gasteiger partial charge in [-0.2, -0.15) is 0 Å². The fraction of sp³-hybridized carbons (Fsp3) is 0.417. The van der Waals surface area contributed by atoms with Crippen LogP contribution in [0.3, 0.4) is 0 Å². The van der Waals surface area contributed by atoms with Crippen LogP contribution < -0.4 is 10.2 Å². The Kier molecular flexibility index (Phi) is 3.54. The van der Waals surface area contributed by atoms with E-state index < -0.39 is 6.10 Å². The van der Waals surface area contributed by atoms with Crippen LogP contribution in [0.2, 0.25) is 0 Å². The van der Waals surface area contributed by atoms with Gasteiger partial charge in [0.2, 0.25) is 0 Å². The van der Waals surface area contributed by atoms with Gasteiger partial charge in [0, 0.05) is 18.8 Å². The Morgan fingerprint density at radius 2 is 2.19 bits per heavy atom. The molecular formula is C12H17N3O. The van der Waals surface area contributed by atoms with Gasteiger partial charge in [-0.25, -0.2) is 0 Å². The second-order valence-corrected chi connectivity index (χ2v) is 3.88. The van der Waals surface area contributed by atoms with E-state index in [1.165, 1.54) is 0 Å². The molecule has 1 unspecified atom stereocenters. The molecule has 0 radical (unpaired) electrons. The van der Waals surface area contributed by atoms with Crippen molar-refractivity contribution in [1.29, 1.82) is 0 Å². The van der Waals surface area contributed by atoms with Crippen LogP contribution in [0.4, 0.5) is 5.69 Å². The van der Waals surface area contributed by atoms with Crippen LogP contribution in [-0.4, -0.2) is 38.1 Å². The first-order chi connectivity index (χ1) is 7.81. The van der Waals surface area contributed by atoms with Crippen molar-refractivity contribution in [3.63, 3.8) is 0 Å². The van der Waals surface area contributed by atoms with E-state index in [9.17, 15) is 5.11 Å². The van der Waals surface area contributed by atoms with E-state index in [0.29, 0.717) is 6.54 Å². The van der Waals surface area contributed by atoms with Gasteiger partial charge in [-0.15, -0.1) is 0 Å². The van der Waals surface area contributed by atoms with Gasteiger partial charge in [0.05, 0.1) is 19.0 Å². The van der Waals surface area contributed by atoms with E-state index in [0.717, 1.165) is 24.3 Å². The number of rotatable bonds is 4. The molecule has 0 amide bonds. The topological polar surface area (TPSA) is 47.9 Å². The third kappa shape index (κ3) is 2.40. The number of anilines is 1. The second-order valence-electron chi connectivity index (χ2n) is 3.88. The first-order valence-corrected chi connectivity index (χ1v) is 5.50. The quantitative estimate of drug-likeness (QED) is 0.787. The number of likely N-dealkylation sites (N-methyl/N-ethyl adjacent to an activating group) is 1. The van der Waals surface area contributed by atoms with Crippen LogP contribution in [0, 0.1) is 0 Å². The highest BCUT2D eigenvalue weighted by Gasteiger charge is 2.09. The summed E-state index contributed by atoms with van der Waals surface area (Å²) in [7, 11) is 1.83. The molecule has 1 aromatic rings. The molecule has 0 aromatic heterocycles. The molecule has 0 bridgehead atoms. The molecule has 1 aliphatic rings. The fourth-order valence-corrected chi connectivity index (χ4v) is 1.77. The zero-order valence-corrected chi connectivity index (χ0v) is 9.43. The normalized spacial score (nSPS) is 16.8. The van der Waals surface area contributed by atoms with Crippen molar-refractivity contribution in [2.45, 2.75) is 6.10 Å². The molecule has 0 saturated carbocycles. The van der Waals surface area contributed by atoms with Crippen molar-refractivity contribution in [1.82, 2.24) is 5.32 Å². The van der Waals surface area contributed by atoms with Crippen molar-refractivity contribution in [3.05, 3.63) is 29.8 Å². The summed E-state index contributed by atoms with van der Waals surface area (Å²) in [6.45, 7) is 2.38. The van der Waals surface area contributed by atoms with Crippen LogP contribution in [0.15, 0.2) is 29.3 Å². The summed E-state index contributed by atoms with van der Waals surface area (Å²) in [6, 6.07) is 7.96. The summed E-state index contributed by atoms with van der Waals surface area (Å²) in [6.07, 6.45) is 1.42. The molecule has 2 N–H and O–H groups in total. The molecule has 1 heterocycles. The van der Waals surface area contributed by atoms with Crippen LogP contribution in [0.5, 0.6) is 0 Å². The molecule has 0 aliphatic carbocycles. The summed E-state index contributed by atoms with van der Waals surface area (Å²) in [5.74, 6) is 0. The fourth-order valence-electron chi connectivity index (χ4n) is 1.77. The molecule has 4 heteroatoms. The Labute approximate surface area is 95.6 Å². The van der Waals surface area contributed by atoms with Crippen LogP contribution >= 0.6 is 0 Å². The van der Waals surface area contributed by atoms with Crippen LogP contribution in [-0.2, 0) is 0 Å². The Morgan fingerprint density at radius 3 is 2.75 bits per heavy atom. The first kappa shape index (κ1) is 11.1. The molecule has 16 heavy (non-hydrogen) atoms. The summed E-state index contributed by atoms with van der Waals surface area (Å²) in [5, 5.41) is 12.7. The van der Waals surface area contributed by atoms with Gasteiger partial charge in [-0.1, -0.05) is 12.1 Å². The minimum atomic E-state index is -0.439. The maximum Gasteiger partial charge on any atom is 0.0914 e. The monoisotopic (exact) mass is 219 g/mol. The van der Waals surface area contributed by atoms with Crippen molar-refractivity contribution in [2.24, 2.45) is 4.99 Å². The number of nitrogens with zero attached hydrogens (tertiary/aromatic N) is 2. The Balaban J connectivity index is 2.06. The van der Waals surface area contributed by atoms with E-state index in [1.807, 2.05) is 37.7 Å². The second kappa shape index (κ2) is 5.09. The maximum absolute atomic E-state index is 9.77. The van der Waals surface area contributed by atoms with E-state index >= 15 is 0 Å². The molecule has 1 aliphatic heterocycles. The van der Waals surface area contributed by atoms with Gasteiger partial charge in [0.25, 0.3) is 0 Å². The largest absolute Gasteiger partial charge is 0.387 e. The number of aliphatic imine (C=N–C) groups is 1. The number of aliphatic hydroxyl groups excluding tert-OH is 1. The van der Waals surface area contributed by atoms with Crippen LogP contribution in [0.25, 0.3) is 0 Å². The molecule has 0 saturated heterocycles. The number of benzene rings is 1. The zero-order chi connectivity index (χ0) is 11.4. The maximum atomic E-state index is 9.77. The molecule has 4 nitrogen and oxygen atoms in total. The van der Waals surface area contributed by atoms with Crippen LogP contribution in [0.1, 0.15) is 11.7 Å². The number of nitrogens with one attached hydrogen (secondary N) is 1. The highest BCUT2D eigenvalue weighted by atomic mass is 16.3. The predicted octanol–water partition coefficient (Wildman–Crippen LogP) is 0.788. The third-order valence-electron chi connectivity index (χ3n) is 2.70. The van der Waals surface area contributed by atoms with E-state index in [2.05, 4.69) is 15.2 Å². The lowest BCUT2D eigenvalue weighted by Crippen LogP contribution is -2.19. The Morgan fingerprint density at radius 1 is 1.44 bits per heavy atom. The number of hydrogen-bond acceptors (Lipinski definition) is 4. The molecule has 86 valence electrons. The summed E-state index contributed by atoms with van der Waals surface area (Å²) in [4.78, 5) is 6.28. The van der Waals surface area contributed by atoms with Gasteiger partial charge >= 0.3 is 0 Å². The SMILES string of the molecule is CNCC(O)c1ccc(N2C=NCC2)cc1. The van der Waals surface area contributed by atoms with Crippen molar-refractivity contribution in [3.8, 4) is 0 Å². The predicted molar refractivity (Wildman–Crippen MR) is 66.0 cm³/mol. The Bertz CT molecular complexity index is 361. The average molecular weight is 219 g/mol. The lowest BCUT2D eigenvalue weighted by molar-refractivity contribution is 0.178. The molecule has 2 rings (SSSR count). The molecule has 0 fully saturated rings. The minimum absolute atomic E-state index is 0.439. The average Bonchev–Trinajstić information content (AvgIpc) is 2.83. The van der Waals surface area contributed by atoms with E-state index in [4.69, 9.17) is 0 Å². The van der Waals surface area contributed by atoms with Gasteiger partial charge in [0.15, 0.2) is 0 Å². The zero-order valence-electron chi connectivity index (χ0n) is 9.43. The van der Waals surface area contributed by atoms with Gasteiger partial charge in [0.1, 0.15) is 0 Å². The highest BCUT2D eigenvalue weighted by molar-refractivity contribution is 5.80. The van der Waals surface area contributed by atoms with Gasteiger partial charge in [-0.05, 0) is 24.7 Å². The van der Waals surface area contributed by atoms with Crippen molar-refractivity contribution >= 4 is 12.0 Å². The molecule has 1 atom stereocenters. The lowest BCUT2D eigenvalue weighted by Gasteiger charge is -2.15. The van der Waals surface area contributed by atoms with Crippen molar-refractivity contribution < 1.29 is 5.11 Å². The minimum Gasteiger partial charge on any atom is -0.387 e. The third-order valence-corrected chi connectivity index (χ3v) is 2.70. The first-order valence-electron chi connectivity index (χ1n) is 5.50. The number of aliphatic hydroxyl groups is 1. The standard InChI is InChI=1S/C12H17N3O/c1-13-8-12(16)10-2-4-11(5-3-10)15-7-6-14-9-15/h2-5,9,12-13,16H,6-8H2,1H3. The summed E-state index contributed by atoms with van der Waals surface area (Å²) in [5.41, 5.74) is 2.07. The molecule has 0 spiro atoms. The smallest absolute Gasteiger partial charge is 0.0914 e. The molecular weight excluding hydrogens is 202 g/mol. The van der Waals surface area contributed by atoms with Gasteiger partial charge in [-0.3, -0.25) is 4.99 Å². The van der Waals surface area contributed by atoms with E-state index in [-0.39, 0.29) is 0 Å². The lowest BCUT2D eigenvalue weighted by atomic mass is 10.1. The molecule has 1 aromatic carbocycles. The van der Waals surface area contributed by atoms with Gasteiger partial charge < -0.3 is 15.3 Å².